The van der Waals surface area contributed by atoms with Gasteiger partial charge in [0, 0.05) is 32.2 Å². The van der Waals surface area contributed by atoms with Crippen molar-refractivity contribution in [2.75, 3.05) is 32.8 Å². The second-order valence-corrected chi connectivity index (χ2v) is 5.42. The summed E-state index contributed by atoms with van der Waals surface area (Å²) in [6, 6.07) is 0.654. The molecular weight excluding hydrogens is 212 g/mol. The summed E-state index contributed by atoms with van der Waals surface area (Å²) in [5.74, 6) is 0. The lowest BCUT2D eigenvalue weighted by atomic mass is 10.1. The van der Waals surface area contributed by atoms with Crippen LogP contribution in [0.4, 0.5) is 0 Å². The van der Waals surface area contributed by atoms with Gasteiger partial charge in [0.1, 0.15) is 0 Å². The van der Waals surface area contributed by atoms with E-state index in [2.05, 4.69) is 17.1 Å². The average molecular weight is 233 g/mol. The maximum atomic E-state index is 5.76. The van der Waals surface area contributed by atoms with E-state index in [9.17, 15) is 0 Å². The highest BCUT2D eigenvalue weighted by Gasteiger charge is 2.43. The maximum Gasteiger partial charge on any atom is 0.0867 e. The van der Waals surface area contributed by atoms with E-state index in [-0.39, 0.29) is 12.4 Å². The Morgan fingerprint density at radius 1 is 1.40 bits per heavy atom. The van der Waals surface area contributed by atoms with Gasteiger partial charge in [-0.05, 0) is 18.3 Å². The molecule has 0 amide bonds. The fourth-order valence-corrected chi connectivity index (χ4v) is 2.72. The lowest BCUT2D eigenvalue weighted by molar-refractivity contribution is -0.0522. The number of nitrogens with one attached hydrogen (secondary N) is 1. The predicted molar refractivity (Wildman–Crippen MR) is 62.6 cm³/mol. The van der Waals surface area contributed by atoms with Crippen LogP contribution in [0, 0.1) is 5.41 Å². The minimum absolute atomic E-state index is 0. The molecule has 0 aromatic carbocycles. The van der Waals surface area contributed by atoms with Crippen LogP contribution in [0.25, 0.3) is 0 Å². The van der Waals surface area contributed by atoms with Gasteiger partial charge in [0.25, 0.3) is 0 Å². The van der Waals surface area contributed by atoms with Crippen LogP contribution in [0.1, 0.15) is 19.8 Å². The average Bonchev–Trinajstić information content (AvgIpc) is 2.73. The minimum atomic E-state index is 0. The van der Waals surface area contributed by atoms with E-state index in [1.807, 2.05) is 0 Å². The van der Waals surface area contributed by atoms with E-state index >= 15 is 0 Å². The van der Waals surface area contributed by atoms with Gasteiger partial charge in [-0.15, -0.1) is 12.4 Å². The van der Waals surface area contributed by atoms with Gasteiger partial charge in [0.05, 0.1) is 12.7 Å². The number of rotatable bonds is 2. The molecule has 4 heteroatoms. The van der Waals surface area contributed by atoms with E-state index in [1.54, 1.807) is 0 Å². The topological polar surface area (TPSA) is 24.5 Å². The van der Waals surface area contributed by atoms with Crippen molar-refractivity contribution >= 4 is 12.4 Å². The SMILES string of the molecule is CC1(CN2CCOC3CNCC32)CC1.Cl. The van der Waals surface area contributed by atoms with Crippen LogP contribution in [-0.2, 0) is 4.74 Å². The Labute approximate surface area is 97.9 Å². The molecule has 0 bridgehead atoms. The van der Waals surface area contributed by atoms with Crippen molar-refractivity contribution in [3.8, 4) is 0 Å². The van der Waals surface area contributed by atoms with Gasteiger partial charge in [-0.2, -0.15) is 0 Å². The number of hydrogen-bond acceptors (Lipinski definition) is 3. The van der Waals surface area contributed by atoms with Crippen LogP contribution < -0.4 is 5.32 Å². The molecule has 1 N–H and O–H groups in total. The zero-order valence-electron chi connectivity index (χ0n) is 9.37. The lowest BCUT2D eigenvalue weighted by Gasteiger charge is -2.38. The summed E-state index contributed by atoms with van der Waals surface area (Å²) in [7, 11) is 0. The van der Waals surface area contributed by atoms with Gasteiger partial charge in [0.2, 0.25) is 0 Å². The first-order valence-electron chi connectivity index (χ1n) is 5.83. The first-order chi connectivity index (χ1) is 6.77. The Hall–Kier alpha value is 0.170. The Bertz CT molecular complexity index is 233. The number of ether oxygens (including phenoxy) is 1. The van der Waals surface area contributed by atoms with Crippen molar-refractivity contribution in [2.45, 2.75) is 31.9 Å². The van der Waals surface area contributed by atoms with Crippen LogP contribution in [0.3, 0.4) is 0 Å². The van der Waals surface area contributed by atoms with Gasteiger partial charge in [-0.25, -0.2) is 0 Å². The monoisotopic (exact) mass is 232 g/mol. The predicted octanol–water partition coefficient (Wildman–Crippen LogP) is 0.881. The second-order valence-electron chi connectivity index (χ2n) is 5.42. The Morgan fingerprint density at radius 2 is 2.20 bits per heavy atom. The first kappa shape index (κ1) is 11.6. The third-order valence-corrected chi connectivity index (χ3v) is 4.00. The molecule has 3 fully saturated rings. The first-order valence-corrected chi connectivity index (χ1v) is 5.83. The highest BCUT2D eigenvalue weighted by Crippen LogP contribution is 2.46. The molecule has 0 aromatic rings. The summed E-state index contributed by atoms with van der Waals surface area (Å²) in [6.07, 6.45) is 3.32. The number of nitrogens with zero attached hydrogens (tertiary/aromatic N) is 1. The van der Waals surface area contributed by atoms with E-state index in [0.717, 1.165) is 26.2 Å². The van der Waals surface area contributed by atoms with Crippen molar-refractivity contribution in [3.63, 3.8) is 0 Å². The normalized spacial score (nSPS) is 38.2. The molecule has 3 aliphatic rings. The molecule has 0 aromatic heterocycles. The third kappa shape index (κ3) is 2.31. The molecule has 2 aliphatic heterocycles. The highest BCUT2D eigenvalue weighted by molar-refractivity contribution is 5.85. The van der Waals surface area contributed by atoms with Crippen LogP contribution in [0.15, 0.2) is 0 Å². The molecule has 2 saturated heterocycles. The molecule has 1 saturated carbocycles. The number of hydrogen-bond donors (Lipinski definition) is 1. The zero-order valence-corrected chi connectivity index (χ0v) is 10.2. The standard InChI is InChI=1S/C11H20N2O.ClH/c1-11(2-3-11)8-13-4-5-14-10-7-12-6-9(10)13;/h9-10,12H,2-8H2,1H3;1H. The summed E-state index contributed by atoms with van der Waals surface area (Å²) in [4.78, 5) is 2.65. The molecule has 2 atom stereocenters. The van der Waals surface area contributed by atoms with Crippen LogP contribution >= 0.6 is 12.4 Å². The van der Waals surface area contributed by atoms with E-state index in [4.69, 9.17) is 4.74 Å². The van der Waals surface area contributed by atoms with Gasteiger partial charge in [0.15, 0.2) is 0 Å². The molecule has 3 rings (SSSR count). The van der Waals surface area contributed by atoms with Crippen LogP contribution in [-0.4, -0.2) is 49.8 Å². The molecule has 3 nitrogen and oxygen atoms in total. The largest absolute Gasteiger partial charge is 0.374 e. The summed E-state index contributed by atoms with van der Waals surface area (Å²) >= 11 is 0. The van der Waals surface area contributed by atoms with E-state index < -0.39 is 0 Å². The number of morpholine rings is 1. The van der Waals surface area contributed by atoms with Crippen molar-refractivity contribution in [1.82, 2.24) is 10.2 Å². The summed E-state index contributed by atoms with van der Waals surface area (Å²) in [5.41, 5.74) is 0.643. The van der Waals surface area contributed by atoms with Crippen molar-refractivity contribution in [1.29, 1.82) is 0 Å². The minimum Gasteiger partial charge on any atom is -0.374 e. The van der Waals surface area contributed by atoms with Gasteiger partial charge in [-0.1, -0.05) is 6.92 Å². The van der Waals surface area contributed by atoms with Crippen LogP contribution in [0.5, 0.6) is 0 Å². The van der Waals surface area contributed by atoms with Gasteiger partial charge in [-0.3, -0.25) is 4.90 Å². The van der Waals surface area contributed by atoms with Crippen molar-refractivity contribution in [3.05, 3.63) is 0 Å². The molecular formula is C11H21ClN2O. The van der Waals surface area contributed by atoms with E-state index in [1.165, 1.54) is 19.4 Å². The molecule has 0 spiro atoms. The Balaban J connectivity index is 0.000000853. The lowest BCUT2D eigenvalue weighted by Crippen LogP contribution is -2.52. The fourth-order valence-electron chi connectivity index (χ4n) is 2.72. The van der Waals surface area contributed by atoms with E-state index in [0.29, 0.717) is 17.6 Å². The molecule has 15 heavy (non-hydrogen) atoms. The summed E-state index contributed by atoms with van der Waals surface area (Å²) in [6.45, 7) is 7.95. The fraction of sp³-hybridized carbons (Fsp3) is 1.00. The Kier molecular flexibility index (Phi) is 3.27. The molecule has 2 heterocycles. The highest BCUT2D eigenvalue weighted by atomic mass is 35.5. The second kappa shape index (κ2) is 4.21. The maximum absolute atomic E-state index is 5.76. The molecule has 2 unspecified atom stereocenters. The van der Waals surface area contributed by atoms with Crippen LogP contribution in [0.2, 0.25) is 0 Å². The summed E-state index contributed by atoms with van der Waals surface area (Å²) < 4.78 is 5.76. The number of fused-ring (bicyclic) bond motifs is 1. The van der Waals surface area contributed by atoms with Gasteiger partial charge >= 0.3 is 0 Å². The van der Waals surface area contributed by atoms with Gasteiger partial charge < -0.3 is 10.1 Å². The van der Waals surface area contributed by atoms with Crippen molar-refractivity contribution < 1.29 is 4.74 Å². The third-order valence-electron chi connectivity index (χ3n) is 4.00. The molecule has 1 aliphatic carbocycles. The number of halogens is 1. The molecule has 88 valence electrons. The Morgan fingerprint density at radius 3 is 2.93 bits per heavy atom. The zero-order chi connectivity index (χ0) is 9.60. The van der Waals surface area contributed by atoms with Crippen molar-refractivity contribution in [2.24, 2.45) is 5.41 Å². The quantitative estimate of drug-likeness (QED) is 0.765. The molecule has 0 radical (unpaired) electrons. The smallest absolute Gasteiger partial charge is 0.0867 e. The summed E-state index contributed by atoms with van der Waals surface area (Å²) in [5, 5.41) is 3.43.